The topological polar surface area (TPSA) is 71.8 Å². The van der Waals surface area contributed by atoms with Crippen LogP contribution in [0.1, 0.15) is 5.76 Å². The van der Waals surface area contributed by atoms with Gasteiger partial charge >= 0.3 is 0 Å². The molecule has 2 fully saturated rings. The van der Waals surface area contributed by atoms with Crippen LogP contribution >= 0.6 is 0 Å². The maximum absolute atomic E-state index is 10.5. The number of H-pyrrole nitrogens is 1. The third-order valence-electron chi connectivity index (χ3n) is 5.15. The van der Waals surface area contributed by atoms with Crippen molar-refractivity contribution in [2.45, 2.75) is 18.7 Å². The van der Waals surface area contributed by atoms with Crippen LogP contribution in [0.4, 0.5) is 0 Å². The Morgan fingerprint density at radius 3 is 2.79 bits per heavy atom. The molecule has 2 saturated heterocycles. The number of aromatic nitrogens is 2. The van der Waals surface area contributed by atoms with Gasteiger partial charge in [0.05, 0.1) is 12.6 Å². The lowest BCUT2D eigenvalue weighted by molar-refractivity contribution is 0.0512. The molecular weight excluding hydrogens is 306 g/mol. The maximum Gasteiger partial charge on any atom is 0.152 e. The molecule has 2 N–H and O–H groups in total. The van der Waals surface area contributed by atoms with Crippen LogP contribution in [0.3, 0.4) is 0 Å². The van der Waals surface area contributed by atoms with E-state index in [-0.39, 0.29) is 12.1 Å². The van der Waals surface area contributed by atoms with Gasteiger partial charge in [0.25, 0.3) is 0 Å². The zero-order chi connectivity index (χ0) is 16.5. The van der Waals surface area contributed by atoms with Gasteiger partial charge in [-0.15, -0.1) is 0 Å². The first-order valence-electron chi connectivity index (χ1n) is 8.60. The predicted octanol–water partition coefficient (Wildman–Crippen LogP) is 0.462. The van der Waals surface area contributed by atoms with Gasteiger partial charge in [0.15, 0.2) is 5.76 Å². The molecule has 0 saturated carbocycles. The third kappa shape index (κ3) is 3.25. The fraction of sp³-hybridized carbons (Fsp3) is 0.588. The minimum atomic E-state index is -0.282. The number of hydrogen-bond acceptors (Lipinski definition) is 6. The van der Waals surface area contributed by atoms with Crippen LogP contribution in [-0.4, -0.2) is 88.5 Å². The van der Waals surface area contributed by atoms with Crippen molar-refractivity contribution in [1.82, 2.24) is 24.9 Å². The second-order valence-electron chi connectivity index (χ2n) is 6.90. The Hall–Kier alpha value is -1.67. The lowest BCUT2D eigenvalue weighted by Crippen LogP contribution is -2.52. The molecule has 2 atom stereocenters. The van der Waals surface area contributed by atoms with Crippen molar-refractivity contribution < 1.29 is 9.52 Å². The maximum atomic E-state index is 10.5. The van der Waals surface area contributed by atoms with Crippen LogP contribution in [-0.2, 0) is 6.54 Å². The molecule has 24 heavy (non-hydrogen) atoms. The number of nitrogens with zero attached hydrogens (tertiary/aromatic N) is 4. The number of rotatable bonds is 4. The molecule has 0 spiro atoms. The summed E-state index contributed by atoms with van der Waals surface area (Å²) >= 11 is 0. The van der Waals surface area contributed by atoms with Gasteiger partial charge in [0, 0.05) is 51.5 Å². The molecule has 2 aromatic rings. The average molecular weight is 331 g/mol. The van der Waals surface area contributed by atoms with Gasteiger partial charge in [-0.2, -0.15) is 5.10 Å². The van der Waals surface area contributed by atoms with Crippen LogP contribution < -0.4 is 0 Å². The summed E-state index contributed by atoms with van der Waals surface area (Å²) in [5.74, 6) is 1.73. The molecule has 7 nitrogen and oxygen atoms in total. The normalized spacial score (nSPS) is 27.1. The van der Waals surface area contributed by atoms with Crippen molar-refractivity contribution in [1.29, 1.82) is 0 Å². The van der Waals surface area contributed by atoms with Crippen molar-refractivity contribution in [2.75, 3.05) is 46.3 Å². The quantitative estimate of drug-likeness (QED) is 0.848. The minimum absolute atomic E-state index is 0.237. The average Bonchev–Trinajstić information content (AvgIpc) is 3.29. The van der Waals surface area contributed by atoms with Gasteiger partial charge in [0.2, 0.25) is 0 Å². The molecule has 0 amide bonds. The van der Waals surface area contributed by atoms with Gasteiger partial charge in [-0.1, -0.05) is 0 Å². The molecular formula is C17H25N5O2. The smallest absolute Gasteiger partial charge is 0.152 e. The molecule has 4 heterocycles. The standard InChI is InChI=1S/C17H25N5O2/c1-20-6-8-22(9-7-20)15-11-21(12-16(15)23)10-13-2-3-17(24-13)14-4-5-18-19-14/h2-5,15-16,23H,6-12H2,1H3,(H,18,19)/t15-,16-/m0/s1. The van der Waals surface area contributed by atoms with E-state index in [1.54, 1.807) is 6.20 Å². The van der Waals surface area contributed by atoms with Gasteiger partial charge < -0.3 is 14.4 Å². The number of aromatic amines is 1. The Morgan fingerprint density at radius 2 is 2.04 bits per heavy atom. The van der Waals surface area contributed by atoms with Crippen molar-refractivity contribution in [3.8, 4) is 11.5 Å². The molecule has 130 valence electrons. The SMILES string of the molecule is CN1CCN([C@H]2CN(Cc3ccc(-c4ccn[nH]4)o3)C[C@@H]2O)CC1. The van der Waals surface area contributed by atoms with Crippen LogP contribution in [0, 0.1) is 0 Å². The zero-order valence-electron chi connectivity index (χ0n) is 14.1. The molecule has 0 radical (unpaired) electrons. The van der Waals surface area contributed by atoms with E-state index < -0.39 is 0 Å². The third-order valence-corrected chi connectivity index (χ3v) is 5.15. The Labute approximate surface area is 141 Å². The highest BCUT2D eigenvalue weighted by molar-refractivity contribution is 5.51. The Kier molecular flexibility index (Phi) is 4.41. The minimum Gasteiger partial charge on any atom is -0.458 e. The number of likely N-dealkylation sites (tertiary alicyclic amines) is 1. The predicted molar refractivity (Wildman–Crippen MR) is 90.4 cm³/mol. The number of likely N-dealkylation sites (N-methyl/N-ethyl adjacent to an activating group) is 1. The van der Waals surface area contributed by atoms with Crippen molar-refractivity contribution in [2.24, 2.45) is 0 Å². The molecule has 0 aromatic carbocycles. The summed E-state index contributed by atoms with van der Waals surface area (Å²) in [5.41, 5.74) is 0.887. The van der Waals surface area contributed by atoms with Crippen LogP contribution in [0.25, 0.3) is 11.5 Å². The van der Waals surface area contributed by atoms with Gasteiger partial charge in [0.1, 0.15) is 11.5 Å². The van der Waals surface area contributed by atoms with E-state index in [1.807, 2.05) is 18.2 Å². The molecule has 4 rings (SSSR count). The summed E-state index contributed by atoms with van der Waals surface area (Å²) in [6.45, 7) is 6.56. The fourth-order valence-electron chi connectivity index (χ4n) is 3.71. The first-order valence-corrected chi connectivity index (χ1v) is 8.60. The van der Waals surface area contributed by atoms with Crippen molar-refractivity contribution in [3.63, 3.8) is 0 Å². The molecule has 0 unspecified atom stereocenters. The first kappa shape index (κ1) is 15.8. The lowest BCUT2D eigenvalue weighted by Gasteiger charge is -2.37. The zero-order valence-corrected chi connectivity index (χ0v) is 14.1. The Balaban J connectivity index is 1.36. The van der Waals surface area contributed by atoms with Gasteiger partial charge in [-0.25, -0.2) is 0 Å². The molecule has 2 aromatic heterocycles. The number of piperazine rings is 1. The summed E-state index contributed by atoms with van der Waals surface area (Å²) in [4.78, 5) is 7.06. The van der Waals surface area contributed by atoms with E-state index in [1.165, 1.54) is 0 Å². The Morgan fingerprint density at radius 1 is 1.21 bits per heavy atom. The van der Waals surface area contributed by atoms with E-state index >= 15 is 0 Å². The number of aliphatic hydroxyl groups is 1. The molecule has 0 bridgehead atoms. The van der Waals surface area contributed by atoms with Crippen LogP contribution in [0.15, 0.2) is 28.8 Å². The summed E-state index contributed by atoms with van der Waals surface area (Å²) in [6.07, 6.45) is 1.44. The van der Waals surface area contributed by atoms with Gasteiger partial charge in [-0.3, -0.25) is 14.9 Å². The summed E-state index contributed by atoms with van der Waals surface area (Å²) < 4.78 is 5.91. The van der Waals surface area contributed by atoms with E-state index in [0.717, 1.165) is 56.5 Å². The summed E-state index contributed by atoms with van der Waals surface area (Å²) in [7, 11) is 2.16. The number of aliphatic hydroxyl groups excluding tert-OH is 1. The van der Waals surface area contributed by atoms with Crippen LogP contribution in [0.5, 0.6) is 0 Å². The number of furan rings is 1. The van der Waals surface area contributed by atoms with E-state index in [9.17, 15) is 5.11 Å². The number of nitrogens with one attached hydrogen (secondary N) is 1. The highest BCUT2D eigenvalue weighted by Gasteiger charge is 2.36. The number of β-amino-alcohol motifs (C(OH)–C–C–N with tert-alkyl or cyclic N) is 1. The largest absolute Gasteiger partial charge is 0.458 e. The van der Waals surface area contributed by atoms with Crippen LogP contribution in [0.2, 0.25) is 0 Å². The van der Waals surface area contributed by atoms with E-state index in [2.05, 4.69) is 31.9 Å². The summed E-state index contributed by atoms with van der Waals surface area (Å²) in [5, 5.41) is 17.3. The summed E-state index contributed by atoms with van der Waals surface area (Å²) in [6, 6.07) is 6.10. The monoisotopic (exact) mass is 331 g/mol. The molecule has 7 heteroatoms. The highest BCUT2D eigenvalue weighted by Crippen LogP contribution is 2.23. The second kappa shape index (κ2) is 6.68. The van der Waals surface area contributed by atoms with E-state index in [0.29, 0.717) is 6.54 Å². The lowest BCUT2D eigenvalue weighted by atomic mass is 10.1. The molecule has 0 aliphatic carbocycles. The first-order chi connectivity index (χ1) is 11.7. The number of hydrogen-bond donors (Lipinski definition) is 2. The fourth-order valence-corrected chi connectivity index (χ4v) is 3.71. The molecule has 2 aliphatic heterocycles. The van der Waals surface area contributed by atoms with Gasteiger partial charge in [-0.05, 0) is 25.2 Å². The van der Waals surface area contributed by atoms with Crippen molar-refractivity contribution >= 4 is 0 Å². The highest BCUT2D eigenvalue weighted by atomic mass is 16.3. The van der Waals surface area contributed by atoms with Crippen molar-refractivity contribution in [3.05, 3.63) is 30.2 Å². The second-order valence-corrected chi connectivity index (χ2v) is 6.90. The molecule has 2 aliphatic rings. The van der Waals surface area contributed by atoms with E-state index in [4.69, 9.17) is 4.42 Å². The Bertz CT molecular complexity index is 648.